The van der Waals surface area contributed by atoms with Crippen molar-refractivity contribution in [3.05, 3.63) is 52.9 Å². The standard InChI is InChI=1S/C18H18BN5O3S/c20-9-13-10-21-18(28-13)23-17-5-1-3-14(22-17)15-4-2-8-24(15)11-12-6-7-16(27-12)19(25)26/h1,3,5-7,10,15,25-26H,2,4,8,11H2,(H,21,22,23)/t15-/m1/s1. The van der Waals surface area contributed by atoms with Crippen LogP contribution in [-0.4, -0.2) is 38.6 Å². The molecule has 1 saturated heterocycles. The van der Waals surface area contributed by atoms with E-state index in [4.69, 9.17) is 14.7 Å². The second-order valence-corrected chi connectivity index (χ2v) is 7.55. The Kier molecular flexibility index (Phi) is 5.41. The molecule has 0 unspecified atom stereocenters. The Morgan fingerprint density at radius 3 is 3.00 bits per heavy atom. The second kappa shape index (κ2) is 8.12. The molecule has 142 valence electrons. The van der Waals surface area contributed by atoms with Gasteiger partial charge in [-0.25, -0.2) is 9.97 Å². The molecule has 1 atom stereocenters. The Balaban J connectivity index is 1.48. The Morgan fingerprint density at radius 1 is 1.36 bits per heavy atom. The zero-order valence-corrected chi connectivity index (χ0v) is 15.8. The summed E-state index contributed by atoms with van der Waals surface area (Å²) in [7, 11) is -1.60. The van der Waals surface area contributed by atoms with E-state index in [-0.39, 0.29) is 11.7 Å². The molecule has 0 spiro atoms. The van der Waals surface area contributed by atoms with Crippen LogP contribution in [0.25, 0.3) is 0 Å². The SMILES string of the molecule is N#Cc1cnc(Nc2cccc([C@H]3CCCN3Cc3ccc(B(O)O)o3)n2)s1. The maximum atomic E-state index is 9.21. The van der Waals surface area contributed by atoms with Crippen LogP contribution in [-0.2, 0) is 6.54 Å². The lowest BCUT2D eigenvalue weighted by atomic mass is 9.88. The molecule has 0 amide bonds. The van der Waals surface area contributed by atoms with Gasteiger partial charge in [-0.1, -0.05) is 17.4 Å². The molecule has 0 aliphatic carbocycles. The molecule has 8 nitrogen and oxygen atoms in total. The van der Waals surface area contributed by atoms with Crippen LogP contribution in [0.3, 0.4) is 0 Å². The molecule has 0 bridgehead atoms. The van der Waals surface area contributed by atoms with Gasteiger partial charge in [0.05, 0.1) is 24.5 Å². The third-order valence-electron chi connectivity index (χ3n) is 4.62. The molecule has 10 heteroatoms. The van der Waals surface area contributed by atoms with Crippen LogP contribution in [0.5, 0.6) is 0 Å². The van der Waals surface area contributed by atoms with Crippen LogP contribution in [0.1, 0.15) is 35.2 Å². The zero-order valence-electron chi connectivity index (χ0n) is 14.9. The number of nitrogens with one attached hydrogen (secondary N) is 1. The molecule has 0 saturated carbocycles. The summed E-state index contributed by atoms with van der Waals surface area (Å²) in [5.41, 5.74) is 1.10. The summed E-state index contributed by atoms with van der Waals surface area (Å²) in [5, 5.41) is 31.1. The summed E-state index contributed by atoms with van der Waals surface area (Å²) >= 11 is 1.29. The fourth-order valence-corrected chi connectivity index (χ4v) is 3.99. The van der Waals surface area contributed by atoms with Crippen LogP contribution in [0.4, 0.5) is 10.9 Å². The largest absolute Gasteiger partial charge is 0.526 e. The Hall–Kier alpha value is -2.71. The van der Waals surface area contributed by atoms with Gasteiger partial charge in [0.25, 0.3) is 0 Å². The first-order valence-electron chi connectivity index (χ1n) is 8.91. The fraction of sp³-hybridized carbons (Fsp3) is 0.278. The van der Waals surface area contributed by atoms with E-state index in [1.54, 1.807) is 12.1 Å². The van der Waals surface area contributed by atoms with Crippen molar-refractivity contribution >= 4 is 35.1 Å². The molecule has 3 N–H and O–H groups in total. The molecule has 0 radical (unpaired) electrons. The van der Waals surface area contributed by atoms with E-state index in [0.29, 0.717) is 28.1 Å². The van der Waals surface area contributed by atoms with Crippen molar-refractivity contribution < 1.29 is 14.5 Å². The van der Waals surface area contributed by atoms with Gasteiger partial charge in [0, 0.05) is 0 Å². The third kappa shape index (κ3) is 4.08. The highest BCUT2D eigenvalue weighted by Crippen LogP contribution is 2.33. The summed E-state index contributed by atoms with van der Waals surface area (Å²) in [4.78, 5) is 11.7. The summed E-state index contributed by atoms with van der Waals surface area (Å²) in [5.74, 6) is 1.38. The fourth-order valence-electron chi connectivity index (χ4n) is 3.37. The number of anilines is 2. The quantitative estimate of drug-likeness (QED) is 0.541. The van der Waals surface area contributed by atoms with Crippen molar-refractivity contribution in [2.24, 2.45) is 0 Å². The first-order chi connectivity index (χ1) is 13.6. The van der Waals surface area contributed by atoms with Gasteiger partial charge in [-0.2, -0.15) is 5.26 Å². The summed E-state index contributed by atoms with van der Waals surface area (Å²) < 4.78 is 5.50. The van der Waals surface area contributed by atoms with Crippen molar-refractivity contribution in [3.8, 4) is 6.07 Å². The molecular weight excluding hydrogens is 377 g/mol. The minimum Gasteiger partial charge on any atom is -0.468 e. The highest BCUT2D eigenvalue weighted by molar-refractivity contribution is 7.16. The number of furan rings is 1. The number of hydrogen-bond donors (Lipinski definition) is 3. The first-order valence-corrected chi connectivity index (χ1v) is 9.73. The number of aromatic nitrogens is 2. The van der Waals surface area contributed by atoms with E-state index in [2.05, 4.69) is 21.3 Å². The first kappa shape index (κ1) is 18.6. The van der Waals surface area contributed by atoms with Gasteiger partial charge in [0.2, 0.25) is 0 Å². The monoisotopic (exact) mass is 395 g/mol. The van der Waals surface area contributed by atoms with Crippen molar-refractivity contribution in [3.63, 3.8) is 0 Å². The number of thiazole rings is 1. The molecule has 28 heavy (non-hydrogen) atoms. The number of hydrogen-bond acceptors (Lipinski definition) is 9. The highest BCUT2D eigenvalue weighted by Gasteiger charge is 2.28. The lowest BCUT2D eigenvalue weighted by Crippen LogP contribution is -2.28. The Morgan fingerprint density at radius 2 is 2.25 bits per heavy atom. The summed E-state index contributed by atoms with van der Waals surface area (Å²) in [6.45, 7) is 1.49. The van der Waals surface area contributed by atoms with Crippen LogP contribution in [0.2, 0.25) is 0 Å². The lowest BCUT2D eigenvalue weighted by Gasteiger charge is -2.23. The van der Waals surface area contributed by atoms with Gasteiger partial charge in [0.1, 0.15) is 28.2 Å². The lowest BCUT2D eigenvalue weighted by molar-refractivity contribution is 0.225. The van der Waals surface area contributed by atoms with Crippen molar-refractivity contribution in [2.75, 3.05) is 11.9 Å². The van der Waals surface area contributed by atoms with E-state index in [1.807, 2.05) is 18.2 Å². The number of nitrogens with zero attached hydrogens (tertiary/aromatic N) is 4. The Bertz CT molecular complexity index is 999. The average Bonchev–Trinajstić information content (AvgIpc) is 3.43. The summed E-state index contributed by atoms with van der Waals surface area (Å²) in [6, 6.07) is 11.4. The predicted molar refractivity (Wildman–Crippen MR) is 105 cm³/mol. The molecule has 0 aromatic carbocycles. The molecule has 4 heterocycles. The number of rotatable bonds is 6. The van der Waals surface area contributed by atoms with Gasteiger partial charge in [0.15, 0.2) is 5.13 Å². The number of pyridine rings is 1. The average molecular weight is 395 g/mol. The van der Waals surface area contributed by atoms with Gasteiger partial charge in [-0.3, -0.25) is 4.90 Å². The zero-order chi connectivity index (χ0) is 19.5. The number of likely N-dealkylation sites (tertiary alicyclic amines) is 1. The van der Waals surface area contributed by atoms with E-state index >= 15 is 0 Å². The number of nitriles is 1. The Labute approximate surface area is 166 Å². The topological polar surface area (TPSA) is 118 Å². The highest BCUT2D eigenvalue weighted by atomic mass is 32.1. The molecule has 1 fully saturated rings. The smallest absolute Gasteiger partial charge is 0.468 e. The van der Waals surface area contributed by atoms with Crippen LogP contribution in [0.15, 0.2) is 40.9 Å². The van der Waals surface area contributed by atoms with Crippen LogP contribution in [0, 0.1) is 11.3 Å². The minimum atomic E-state index is -1.60. The maximum Gasteiger partial charge on any atom is 0.526 e. The molecule has 4 rings (SSSR count). The van der Waals surface area contributed by atoms with E-state index in [1.165, 1.54) is 17.5 Å². The molecule has 1 aliphatic rings. The maximum absolute atomic E-state index is 9.21. The molecule has 3 aromatic heterocycles. The van der Waals surface area contributed by atoms with Gasteiger partial charge >= 0.3 is 7.12 Å². The molecule has 1 aliphatic heterocycles. The van der Waals surface area contributed by atoms with E-state index in [9.17, 15) is 10.0 Å². The van der Waals surface area contributed by atoms with E-state index < -0.39 is 7.12 Å². The van der Waals surface area contributed by atoms with Crippen molar-refractivity contribution in [1.29, 1.82) is 5.26 Å². The van der Waals surface area contributed by atoms with Crippen LogP contribution >= 0.6 is 11.3 Å². The van der Waals surface area contributed by atoms with Crippen LogP contribution < -0.4 is 11.0 Å². The normalized spacial score (nSPS) is 16.8. The van der Waals surface area contributed by atoms with Crippen molar-refractivity contribution in [1.82, 2.24) is 14.9 Å². The van der Waals surface area contributed by atoms with Gasteiger partial charge in [-0.05, 0) is 43.7 Å². The summed E-state index contributed by atoms with van der Waals surface area (Å²) in [6.07, 6.45) is 3.58. The molecule has 3 aromatic rings. The van der Waals surface area contributed by atoms with E-state index in [0.717, 1.165) is 25.1 Å². The van der Waals surface area contributed by atoms with Crippen molar-refractivity contribution in [2.45, 2.75) is 25.4 Å². The van der Waals surface area contributed by atoms with Gasteiger partial charge < -0.3 is 19.8 Å². The third-order valence-corrected chi connectivity index (χ3v) is 5.44. The predicted octanol–water partition coefficient (Wildman–Crippen LogP) is 1.76. The van der Waals surface area contributed by atoms with Gasteiger partial charge in [-0.15, -0.1) is 0 Å². The minimum absolute atomic E-state index is 0.148. The molecular formula is C18H18BN5O3S. The second-order valence-electron chi connectivity index (χ2n) is 6.52.